The van der Waals surface area contributed by atoms with Gasteiger partial charge >= 0.3 is 11.9 Å². The van der Waals surface area contributed by atoms with E-state index in [4.69, 9.17) is 0 Å². The van der Waals surface area contributed by atoms with Crippen LogP contribution in [0.3, 0.4) is 0 Å². The first kappa shape index (κ1) is 5.28. The Bertz CT molecular complexity index is 114. The molecular weight excluding hydrogens is 110 g/mol. The normalized spacial score (nSPS) is 20.5. The second-order valence-corrected chi connectivity index (χ2v) is 1.70. The highest BCUT2D eigenvalue weighted by Gasteiger charge is 2.15. The van der Waals surface area contributed by atoms with Crippen LogP contribution in [-0.2, 0) is 14.3 Å². The number of cyclic esters (lactones) is 2. The highest BCUT2D eigenvalue weighted by atomic mass is 16.7. The summed E-state index contributed by atoms with van der Waals surface area (Å²) in [5.74, 6) is -0.775. The molecule has 44 valence electrons. The summed E-state index contributed by atoms with van der Waals surface area (Å²) in [5, 5.41) is 0. The summed E-state index contributed by atoms with van der Waals surface area (Å²) in [5.41, 5.74) is 0. The molecule has 0 N–H and O–H groups in total. The lowest BCUT2D eigenvalue weighted by atomic mass is 10.4. The minimum atomic E-state index is -0.388. The molecule has 8 heavy (non-hydrogen) atoms. The average molecular weight is 116 g/mol. The molecule has 0 aromatic rings. The Balaban J connectivity index is 2.45. The summed E-state index contributed by atoms with van der Waals surface area (Å²) in [6.07, 6.45) is 1.44. The van der Waals surface area contributed by atoms with E-state index in [1.165, 1.54) is 0 Å². The topological polar surface area (TPSA) is 43.4 Å². The second-order valence-electron chi connectivity index (χ2n) is 1.70. The molecule has 1 aliphatic rings. The molecule has 3 heteroatoms. The average Bonchev–Trinajstić information content (AvgIpc) is 1.64. The zero-order valence-corrected chi connectivity index (χ0v) is 4.35. The molecule has 3 nitrogen and oxygen atoms in total. The van der Waals surface area contributed by atoms with Crippen LogP contribution in [0.2, 0.25) is 0 Å². The van der Waals surface area contributed by atoms with E-state index in [1.807, 2.05) is 0 Å². The molecule has 0 bridgehead atoms. The fourth-order valence-electron chi connectivity index (χ4n) is 0.606. The molecule has 0 unspecified atom stereocenters. The quantitative estimate of drug-likeness (QED) is 0.258. The van der Waals surface area contributed by atoms with E-state index in [2.05, 4.69) is 4.74 Å². The van der Waals surface area contributed by atoms with Crippen LogP contribution in [-0.4, -0.2) is 11.9 Å². The summed E-state index contributed by atoms with van der Waals surface area (Å²) in [6.45, 7) is 0. The zero-order chi connectivity index (χ0) is 5.98. The molecule has 1 fully saturated rings. The highest BCUT2D eigenvalue weighted by molar-refractivity contribution is 5.87. The van der Waals surface area contributed by atoms with E-state index in [-0.39, 0.29) is 11.9 Å². The molecule has 1 aliphatic heterocycles. The Hall–Kier alpha value is -0.860. The maximum atomic E-state index is 10.2. The lowest BCUT2D eigenvalue weighted by Crippen LogP contribution is -2.17. The van der Waals surface area contributed by atoms with Crippen molar-refractivity contribution in [3.63, 3.8) is 0 Å². The molecule has 1 saturated heterocycles. The Labute approximate surface area is 46.6 Å². The minimum absolute atomic E-state index is 0.388. The number of rotatable bonds is 0. The SMILES string of the molecule is O=[13C]1CCC[13C](=O)O1. The molecule has 0 saturated carbocycles. The van der Waals surface area contributed by atoms with Crippen molar-refractivity contribution in [3.8, 4) is 0 Å². The number of hydrogen-bond donors (Lipinski definition) is 0. The highest BCUT2D eigenvalue weighted by Crippen LogP contribution is 2.06. The van der Waals surface area contributed by atoms with E-state index < -0.39 is 0 Å². The van der Waals surface area contributed by atoms with Gasteiger partial charge in [0, 0.05) is 12.8 Å². The fraction of sp³-hybridized carbons (Fsp3) is 0.600. The van der Waals surface area contributed by atoms with Crippen molar-refractivity contribution < 1.29 is 14.3 Å². The van der Waals surface area contributed by atoms with Gasteiger partial charge in [-0.2, -0.15) is 0 Å². The van der Waals surface area contributed by atoms with Gasteiger partial charge in [-0.3, -0.25) is 9.59 Å². The monoisotopic (exact) mass is 116 g/mol. The molecular formula is C5H6O3. The zero-order valence-electron chi connectivity index (χ0n) is 4.35. The minimum Gasteiger partial charge on any atom is -0.393 e. The van der Waals surface area contributed by atoms with E-state index in [1.54, 1.807) is 0 Å². The van der Waals surface area contributed by atoms with Crippen LogP contribution in [0.5, 0.6) is 0 Å². The van der Waals surface area contributed by atoms with Crippen molar-refractivity contribution in [3.05, 3.63) is 0 Å². The van der Waals surface area contributed by atoms with Gasteiger partial charge in [-0.15, -0.1) is 0 Å². The van der Waals surface area contributed by atoms with Crippen LogP contribution in [0.25, 0.3) is 0 Å². The molecule has 1 heterocycles. The lowest BCUT2D eigenvalue weighted by molar-refractivity contribution is -0.163. The number of carbonyl (C=O) groups excluding carboxylic acids is 2. The molecule has 0 amide bonds. The summed E-state index contributed by atoms with van der Waals surface area (Å²) in [7, 11) is 0. The van der Waals surface area contributed by atoms with Crippen molar-refractivity contribution in [2.45, 2.75) is 19.3 Å². The van der Waals surface area contributed by atoms with Crippen LogP contribution in [0.4, 0.5) is 0 Å². The first-order valence-electron chi connectivity index (χ1n) is 2.52. The third kappa shape index (κ3) is 1.05. The predicted octanol–water partition coefficient (Wildman–Crippen LogP) is 0.240. The van der Waals surface area contributed by atoms with Gasteiger partial charge in [-0.05, 0) is 6.42 Å². The largest absolute Gasteiger partial charge is 0.393 e. The van der Waals surface area contributed by atoms with Crippen molar-refractivity contribution in [1.29, 1.82) is 0 Å². The first-order chi connectivity index (χ1) is 3.79. The summed E-state index contributed by atoms with van der Waals surface area (Å²) < 4.78 is 4.21. The van der Waals surface area contributed by atoms with Crippen LogP contribution in [0, 0.1) is 0 Å². The second kappa shape index (κ2) is 1.94. The number of esters is 2. The summed E-state index contributed by atoms with van der Waals surface area (Å²) >= 11 is 0. The smallest absolute Gasteiger partial charge is 0.313 e. The third-order valence-electron chi connectivity index (χ3n) is 0.989. The van der Waals surface area contributed by atoms with Gasteiger partial charge in [0.15, 0.2) is 0 Å². The summed E-state index contributed by atoms with van der Waals surface area (Å²) in [4.78, 5) is 20.5. The van der Waals surface area contributed by atoms with Gasteiger partial charge in [0.05, 0.1) is 0 Å². The summed E-state index contributed by atoms with van der Waals surface area (Å²) in [6, 6.07) is 0. The van der Waals surface area contributed by atoms with E-state index in [9.17, 15) is 9.59 Å². The van der Waals surface area contributed by atoms with Gasteiger partial charge < -0.3 is 4.74 Å². The maximum absolute atomic E-state index is 10.2. The molecule has 0 aromatic carbocycles. The van der Waals surface area contributed by atoms with Gasteiger partial charge in [0.1, 0.15) is 0 Å². The van der Waals surface area contributed by atoms with E-state index >= 15 is 0 Å². The van der Waals surface area contributed by atoms with Crippen molar-refractivity contribution >= 4 is 11.9 Å². The van der Waals surface area contributed by atoms with Crippen LogP contribution >= 0.6 is 0 Å². The predicted molar refractivity (Wildman–Crippen MR) is 24.9 cm³/mol. The Morgan fingerprint density at radius 3 is 1.88 bits per heavy atom. The number of hydrogen-bond acceptors (Lipinski definition) is 3. The van der Waals surface area contributed by atoms with Crippen LogP contribution < -0.4 is 0 Å². The van der Waals surface area contributed by atoms with Gasteiger partial charge in [0.2, 0.25) is 0 Å². The van der Waals surface area contributed by atoms with Crippen molar-refractivity contribution in [2.75, 3.05) is 0 Å². The molecule has 1 rings (SSSR count). The van der Waals surface area contributed by atoms with E-state index in [0.717, 1.165) is 0 Å². The Morgan fingerprint density at radius 2 is 1.62 bits per heavy atom. The fourth-order valence-corrected chi connectivity index (χ4v) is 0.606. The Kier molecular flexibility index (Phi) is 1.28. The third-order valence-corrected chi connectivity index (χ3v) is 0.989. The molecule has 0 aromatic heterocycles. The molecule has 0 atom stereocenters. The molecule has 0 spiro atoms. The van der Waals surface area contributed by atoms with Crippen molar-refractivity contribution in [1.82, 2.24) is 0 Å². The van der Waals surface area contributed by atoms with Gasteiger partial charge in [0.25, 0.3) is 0 Å². The lowest BCUT2D eigenvalue weighted by Gasteiger charge is -2.06. The molecule has 0 radical (unpaired) electrons. The van der Waals surface area contributed by atoms with E-state index in [0.29, 0.717) is 19.3 Å². The van der Waals surface area contributed by atoms with Crippen LogP contribution in [0.15, 0.2) is 0 Å². The standard InChI is InChI=1S/C5H6O3/c6-4-2-1-3-5(7)8-4/h1-3H2/i4+1,5+1. The van der Waals surface area contributed by atoms with Gasteiger partial charge in [-0.1, -0.05) is 0 Å². The van der Waals surface area contributed by atoms with Crippen LogP contribution in [0.1, 0.15) is 19.3 Å². The Morgan fingerprint density at radius 1 is 1.12 bits per heavy atom. The molecule has 0 aliphatic carbocycles. The van der Waals surface area contributed by atoms with Crippen molar-refractivity contribution in [2.24, 2.45) is 0 Å². The number of carbonyl (C=O) groups is 2. The first-order valence-corrected chi connectivity index (χ1v) is 2.52. The van der Waals surface area contributed by atoms with Gasteiger partial charge in [-0.25, -0.2) is 0 Å². The maximum Gasteiger partial charge on any atom is 0.313 e. The number of ether oxygens (including phenoxy) is 1.